The van der Waals surface area contributed by atoms with Crippen molar-refractivity contribution in [2.45, 2.75) is 0 Å². The summed E-state index contributed by atoms with van der Waals surface area (Å²) < 4.78 is 34.1. The van der Waals surface area contributed by atoms with Crippen LogP contribution in [0.3, 0.4) is 0 Å². The van der Waals surface area contributed by atoms with E-state index in [1.54, 1.807) is 0 Å². The van der Waals surface area contributed by atoms with Gasteiger partial charge in [-0.3, -0.25) is 18.2 Å². The van der Waals surface area contributed by atoms with Crippen LogP contribution in [-0.4, -0.2) is 90.5 Å². The molecule has 0 rings (SSSR count). The molecular weight excluding hydrogens is 519 g/mol. The van der Waals surface area contributed by atoms with E-state index in [1.807, 2.05) is 0 Å². The second-order valence-corrected chi connectivity index (χ2v) is 5.13. The fraction of sp³-hybridized carbons (Fsp3) is 0.600. The molecule has 30 heavy (non-hydrogen) atoms. The fourth-order valence-corrected chi connectivity index (χ4v) is 1.44. The Kier molecular flexibility index (Phi) is 45.1. The Morgan fingerprint density at radius 3 is 0.800 bits per heavy atom. The molecule has 0 aromatic heterocycles. The van der Waals surface area contributed by atoms with Gasteiger partial charge in [0, 0.05) is 49.7 Å². The summed E-state index contributed by atoms with van der Waals surface area (Å²) in [5.74, 6) is -6.12. The van der Waals surface area contributed by atoms with Crippen LogP contribution in [0.2, 0.25) is 0 Å². The number of carboxylic acid groups (broad SMARTS) is 4. The van der Waals surface area contributed by atoms with Crippen molar-refractivity contribution >= 4 is 34.3 Å². The molecule has 14 nitrogen and oxygen atoms in total. The van der Waals surface area contributed by atoms with E-state index in [-0.39, 0.29) is 148 Å². The minimum Gasteiger partial charge on any atom is -0.759 e. The molecular formula is C10H12MnN2Na4O12S. The summed E-state index contributed by atoms with van der Waals surface area (Å²) in [7, 11) is -5.17. The van der Waals surface area contributed by atoms with Gasteiger partial charge in [0.15, 0.2) is 0 Å². The molecule has 0 aliphatic carbocycles. The molecule has 0 bridgehead atoms. The number of hydrogen-bond acceptors (Lipinski definition) is 14. The van der Waals surface area contributed by atoms with Crippen molar-refractivity contribution in [2.24, 2.45) is 0 Å². The molecule has 0 aromatic carbocycles. The Bertz CT molecular complexity index is 522. The zero-order valence-electron chi connectivity index (χ0n) is 16.8. The molecule has 0 unspecified atom stereocenters. The van der Waals surface area contributed by atoms with Crippen LogP contribution < -0.4 is 139 Å². The van der Waals surface area contributed by atoms with E-state index >= 15 is 0 Å². The van der Waals surface area contributed by atoms with E-state index in [0.29, 0.717) is 0 Å². The second kappa shape index (κ2) is 27.4. The smallest absolute Gasteiger partial charge is 0.759 e. The topological polar surface area (TPSA) is 247 Å². The molecule has 0 N–H and O–H groups in total. The zero-order valence-corrected chi connectivity index (χ0v) is 26.8. The first-order chi connectivity index (χ1) is 11.2. The molecule has 0 aliphatic heterocycles. The number of aliphatic carboxylic acids is 4. The molecule has 0 saturated carbocycles. The van der Waals surface area contributed by atoms with E-state index in [4.69, 9.17) is 17.5 Å². The van der Waals surface area contributed by atoms with Crippen LogP contribution in [0.5, 0.6) is 0 Å². The quantitative estimate of drug-likeness (QED) is 0.136. The third-order valence-electron chi connectivity index (χ3n) is 2.14. The van der Waals surface area contributed by atoms with Gasteiger partial charge in [0.1, 0.15) is 0 Å². The zero-order chi connectivity index (χ0) is 20.2. The first kappa shape index (κ1) is 49.4. The summed E-state index contributed by atoms with van der Waals surface area (Å²) in [6, 6.07) is 0. The van der Waals surface area contributed by atoms with Crippen LogP contribution in [0.25, 0.3) is 0 Å². The van der Waals surface area contributed by atoms with Crippen molar-refractivity contribution in [3.63, 3.8) is 0 Å². The van der Waals surface area contributed by atoms with Gasteiger partial charge >= 0.3 is 135 Å². The molecule has 0 amide bonds. The van der Waals surface area contributed by atoms with Crippen LogP contribution in [0.15, 0.2) is 0 Å². The first-order valence-corrected chi connectivity index (χ1v) is 7.44. The monoisotopic (exact) mass is 531 g/mol. The van der Waals surface area contributed by atoms with E-state index in [1.165, 1.54) is 0 Å². The molecule has 0 fully saturated rings. The third kappa shape index (κ3) is 47.8. The maximum atomic E-state index is 10.4. The van der Waals surface area contributed by atoms with Gasteiger partial charge in [-0.25, -0.2) is 0 Å². The normalized spacial score (nSPS) is 9.07. The van der Waals surface area contributed by atoms with E-state index in [2.05, 4.69) is 0 Å². The predicted octanol–water partition coefficient (Wildman–Crippen LogP) is -20.7. The summed E-state index contributed by atoms with van der Waals surface area (Å²) in [6.45, 7) is -3.25. The first-order valence-electron chi connectivity index (χ1n) is 6.11. The summed E-state index contributed by atoms with van der Waals surface area (Å²) in [5, 5.41) is 41.6. The number of carbonyl (C=O) groups is 4. The van der Waals surface area contributed by atoms with Gasteiger partial charge in [-0.2, -0.15) is 0 Å². The van der Waals surface area contributed by atoms with Gasteiger partial charge in [0.2, 0.25) is 0 Å². The number of carbonyl (C=O) groups excluding carboxylic acids is 4. The molecule has 0 atom stereocenters. The van der Waals surface area contributed by atoms with Gasteiger partial charge in [-0.05, 0) is 0 Å². The van der Waals surface area contributed by atoms with Gasteiger partial charge in [-0.1, -0.05) is 0 Å². The van der Waals surface area contributed by atoms with Crippen LogP contribution in [0, 0.1) is 0 Å². The standard InChI is InChI=1S/C10H16N2O8.Mn.4Na.H2O4S/c13-7(14)3-11(4-8(15)16)1-2-12(5-9(17)18)6-10(19)20;;;;;;1-5(2,3)4/h1-6H2,(H,13,14)(H,15,16)(H,17,18)(H,19,20);;;;;;(H2,1,2,3,4)/q;+2;4*+1;/p-6. The van der Waals surface area contributed by atoms with E-state index in [9.17, 15) is 39.6 Å². The van der Waals surface area contributed by atoms with E-state index in [0.717, 1.165) is 9.80 Å². The van der Waals surface area contributed by atoms with Crippen LogP contribution in [0.4, 0.5) is 0 Å². The number of hydrogen-bond donors (Lipinski definition) is 0. The average molecular weight is 531 g/mol. The molecule has 0 spiro atoms. The molecule has 20 heteroatoms. The Balaban J connectivity index is -0.0000000948. The molecule has 1 radical (unpaired) electrons. The Labute approximate surface area is 271 Å². The number of carboxylic acids is 4. The number of nitrogens with zero attached hydrogens (tertiary/aromatic N) is 2. The van der Waals surface area contributed by atoms with Crippen molar-refractivity contribution < 1.29 is 192 Å². The maximum absolute atomic E-state index is 10.4. The Hall–Kier alpha value is 2.19. The summed E-state index contributed by atoms with van der Waals surface area (Å²) >= 11 is 0. The molecule has 0 aliphatic rings. The Morgan fingerprint density at radius 1 is 0.567 bits per heavy atom. The van der Waals surface area contributed by atoms with Gasteiger partial charge < -0.3 is 48.7 Å². The van der Waals surface area contributed by atoms with Crippen molar-refractivity contribution in [1.29, 1.82) is 0 Å². The van der Waals surface area contributed by atoms with Crippen molar-refractivity contribution in [3.05, 3.63) is 0 Å². The van der Waals surface area contributed by atoms with Crippen LogP contribution in [-0.2, 0) is 46.6 Å². The molecule has 0 saturated heterocycles. The second-order valence-electron chi connectivity index (χ2n) is 4.32. The molecule has 0 aromatic rings. The minimum absolute atomic E-state index is 0. The maximum Gasteiger partial charge on any atom is 2.00 e. The van der Waals surface area contributed by atoms with Crippen molar-refractivity contribution in [2.75, 3.05) is 39.3 Å². The third-order valence-corrected chi connectivity index (χ3v) is 2.14. The molecule has 0 heterocycles. The summed E-state index contributed by atoms with van der Waals surface area (Å²) in [4.78, 5) is 43.4. The van der Waals surface area contributed by atoms with Gasteiger partial charge in [0.25, 0.3) is 0 Å². The van der Waals surface area contributed by atoms with Crippen LogP contribution in [0.1, 0.15) is 0 Å². The SMILES string of the molecule is O=C([O-])CN(CCN(CC(=O)[O-])CC(=O)[O-])CC(=O)[O-].O=S(=O)([O-])[O-].[Mn+2].[Na+].[Na+].[Na+].[Na+]. The van der Waals surface area contributed by atoms with Gasteiger partial charge in [-0.15, -0.1) is 0 Å². The summed E-state index contributed by atoms with van der Waals surface area (Å²) in [6.07, 6.45) is 0. The minimum atomic E-state index is -5.17. The van der Waals surface area contributed by atoms with E-state index < -0.39 is 60.5 Å². The Morgan fingerprint density at radius 2 is 0.700 bits per heavy atom. The number of rotatable bonds is 11. The van der Waals surface area contributed by atoms with Crippen molar-refractivity contribution in [1.82, 2.24) is 9.80 Å². The largest absolute Gasteiger partial charge is 2.00 e. The summed E-state index contributed by atoms with van der Waals surface area (Å²) in [5.41, 5.74) is 0. The predicted molar refractivity (Wildman–Crippen MR) is 63.4 cm³/mol. The fourth-order valence-electron chi connectivity index (χ4n) is 1.44. The van der Waals surface area contributed by atoms with Gasteiger partial charge in [0.05, 0.1) is 23.9 Å². The average Bonchev–Trinajstić information content (AvgIpc) is 2.30. The van der Waals surface area contributed by atoms with Crippen LogP contribution >= 0.6 is 0 Å². The van der Waals surface area contributed by atoms with Crippen molar-refractivity contribution in [3.8, 4) is 0 Å². The molecule has 151 valence electrons.